The van der Waals surface area contributed by atoms with Gasteiger partial charge in [-0.05, 0) is 25.5 Å². The molecule has 0 heterocycles. The van der Waals surface area contributed by atoms with Gasteiger partial charge in [0, 0.05) is 22.3 Å². The summed E-state index contributed by atoms with van der Waals surface area (Å²) in [7, 11) is 0. The number of aryl methyl sites for hydroxylation is 1. The zero-order valence-corrected chi connectivity index (χ0v) is 11.6. The molecule has 0 radical (unpaired) electrons. The molecule has 2 aromatic rings. The molecule has 21 heavy (non-hydrogen) atoms. The maximum absolute atomic E-state index is 12.7. The van der Waals surface area contributed by atoms with Crippen molar-refractivity contribution >= 4 is 17.3 Å². The highest BCUT2D eigenvalue weighted by Gasteiger charge is 2.35. The van der Waals surface area contributed by atoms with Crippen molar-refractivity contribution in [3.63, 3.8) is 0 Å². The normalized spacial score (nSPS) is 12.9. The molecule has 4 nitrogen and oxygen atoms in total. The third kappa shape index (κ3) is 1.72. The van der Waals surface area contributed by atoms with E-state index in [2.05, 4.69) is 0 Å². The molecule has 0 fully saturated rings. The summed E-state index contributed by atoms with van der Waals surface area (Å²) in [5, 5.41) is 9.93. The largest absolute Gasteiger partial charge is 0.507 e. The lowest BCUT2D eigenvalue weighted by molar-refractivity contribution is 0.0965. The fourth-order valence-electron chi connectivity index (χ4n) is 2.76. The number of aromatic hydroxyl groups is 1. The minimum absolute atomic E-state index is 0.0215. The van der Waals surface area contributed by atoms with Crippen molar-refractivity contribution in [3.05, 3.63) is 63.7 Å². The first kappa shape index (κ1) is 13.2. The van der Waals surface area contributed by atoms with Crippen molar-refractivity contribution < 1.29 is 19.5 Å². The Balaban J connectivity index is 2.42. The summed E-state index contributed by atoms with van der Waals surface area (Å²) >= 11 is 0. The first-order chi connectivity index (χ1) is 9.93. The Bertz CT molecular complexity index is 831. The highest BCUT2D eigenvalue weighted by Crippen LogP contribution is 2.35. The van der Waals surface area contributed by atoms with E-state index >= 15 is 0 Å². The van der Waals surface area contributed by atoms with Crippen LogP contribution in [-0.4, -0.2) is 22.5 Å². The number of benzene rings is 2. The Morgan fingerprint density at radius 3 is 2.33 bits per heavy atom. The van der Waals surface area contributed by atoms with E-state index in [1.54, 1.807) is 19.1 Å². The molecule has 0 spiro atoms. The van der Waals surface area contributed by atoms with Gasteiger partial charge in [-0.15, -0.1) is 0 Å². The number of carbonyl (C=O) groups is 3. The monoisotopic (exact) mass is 280 g/mol. The highest BCUT2D eigenvalue weighted by molar-refractivity contribution is 6.32. The minimum atomic E-state index is -0.427. The Morgan fingerprint density at radius 2 is 1.67 bits per heavy atom. The maximum atomic E-state index is 12.7. The summed E-state index contributed by atoms with van der Waals surface area (Å²) < 4.78 is 0. The Hall–Kier alpha value is -2.75. The van der Waals surface area contributed by atoms with Crippen LogP contribution in [0.1, 0.15) is 54.7 Å². The van der Waals surface area contributed by atoms with Gasteiger partial charge in [-0.2, -0.15) is 0 Å². The van der Waals surface area contributed by atoms with Crippen LogP contribution in [0.2, 0.25) is 0 Å². The van der Waals surface area contributed by atoms with Crippen LogP contribution in [0.15, 0.2) is 30.3 Å². The molecule has 3 rings (SSSR count). The van der Waals surface area contributed by atoms with E-state index in [0.29, 0.717) is 5.56 Å². The number of hydrogen-bond acceptors (Lipinski definition) is 4. The van der Waals surface area contributed by atoms with Crippen molar-refractivity contribution in [2.75, 3.05) is 0 Å². The quantitative estimate of drug-likeness (QED) is 0.696. The molecule has 0 aliphatic heterocycles. The SMILES string of the molecule is CC(=O)c1cccc2c1C(=O)c1c(C)ccc(O)c1C2=O. The van der Waals surface area contributed by atoms with Crippen molar-refractivity contribution in [2.45, 2.75) is 13.8 Å². The topological polar surface area (TPSA) is 71.4 Å². The van der Waals surface area contributed by atoms with Crippen LogP contribution < -0.4 is 0 Å². The molecule has 2 aromatic carbocycles. The number of phenols is 1. The van der Waals surface area contributed by atoms with Crippen molar-refractivity contribution in [1.29, 1.82) is 0 Å². The summed E-state index contributed by atoms with van der Waals surface area (Å²) in [4.78, 5) is 37.0. The second kappa shape index (κ2) is 4.38. The van der Waals surface area contributed by atoms with Gasteiger partial charge in [-0.3, -0.25) is 14.4 Å². The zero-order valence-electron chi connectivity index (χ0n) is 11.6. The smallest absolute Gasteiger partial charge is 0.198 e. The van der Waals surface area contributed by atoms with Crippen molar-refractivity contribution in [2.24, 2.45) is 0 Å². The average molecular weight is 280 g/mol. The van der Waals surface area contributed by atoms with Crippen LogP contribution in [0.5, 0.6) is 5.75 Å². The second-order valence-corrected chi connectivity index (χ2v) is 5.09. The van der Waals surface area contributed by atoms with Gasteiger partial charge in [0.25, 0.3) is 0 Å². The molecule has 0 aromatic heterocycles. The number of hydrogen-bond donors (Lipinski definition) is 1. The summed E-state index contributed by atoms with van der Waals surface area (Å²) in [6.07, 6.45) is 0. The van der Waals surface area contributed by atoms with Crippen LogP contribution in [0.25, 0.3) is 0 Å². The van der Waals surface area contributed by atoms with Gasteiger partial charge in [0.2, 0.25) is 0 Å². The van der Waals surface area contributed by atoms with E-state index in [-0.39, 0.29) is 45.1 Å². The first-order valence-corrected chi connectivity index (χ1v) is 6.49. The van der Waals surface area contributed by atoms with Gasteiger partial charge >= 0.3 is 0 Å². The zero-order chi connectivity index (χ0) is 15.3. The number of Topliss-reactive ketones (excluding diaryl/α,β-unsaturated/α-hetero) is 1. The van der Waals surface area contributed by atoms with Crippen LogP contribution in [0.4, 0.5) is 0 Å². The van der Waals surface area contributed by atoms with Crippen LogP contribution in [0, 0.1) is 6.92 Å². The molecule has 0 unspecified atom stereocenters. The maximum Gasteiger partial charge on any atom is 0.198 e. The van der Waals surface area contributed by atoms with E-state index < -0.39 is 5.78 Å². The lowest BCUT2D eigenvalue weighted by Gasteiger charge is -2.21. The lowest BCUT2D eigenvalue weighted by Crippen LogP contribution is -2.24. The van der Waals surface area contributed by atoms with Gasteiger partial charge in [-0.1, -0.05) is 24.3 Å². The first-order valence-electron chi connectivity index (χ1n) is 6.49. The van der Waals surface area contributed by atoms with Gasteiger partial charge in [-0.25, -0.2) is 0 Å². The predicted molar refractivity (Wildman–Crippen MR) is 76.2 cm³/mol. The summed E-state index contributed by atoms with van der Waals surface area (Å²) in [5.41, 5.74) is 1.34. The predicted octanol–water partition coefficient (Wildman–Crippen LogP) is 2.68. The third-order valence-electron chi connectivity index (χ3n) is 3.76. The van der Waals surface area contributed by atoms with Crippen molar-refractivity contribution in [1.82, 2.24) is 0 Å². The molecule has 0 saturated carbocycles. The van der Waals surface area contributed by atoms with Crippen LogP contribution in [-0.2, 0) is 0 Å². The molecule has 0 amide bonds. The van der Waals surface area contributed by atoms with E-state index in [1.807, 2.05) is 0 Å². The number of fused-ring (bicyclic) bond motifs is 2. The van der Waals surface area contributed by atoms with E-state index in [1.165, 1.54) is 25.1 Å². The number of carbonyl (C=O) groups excluding carboxylic acids is 3. The molecule has 0 bridgehead atoms. The molecular formula is C17H12O4. The fraction of sp³-hybridized carbons (Fsp3) is 0.118. The van der Waals surface area contributed by atoms with Gasteiger partial charge < -0.3 is 5.11 Å². The van der Waals surface area contributed by atoms with Gasteiger partial charge in [0.15, 0.2) is 17.3 Å². The molecule has 1 aliphatic carbocycles. The Labute approximate surface area is 121 Å². The van der Waals surface area contributed by atoms with Gasteiger partial charge in [0.1, 0.15) is 5.75 Å². The molecule has 0 atom stereocenters. The summed E-state index contributed by atoms with van der Waals surface area (Å²) in [6.45, 7) is 3.06. The van der Waals surface area contributed by atoms with E-state index in [4.69, 9.17) is 0 Å². The van der Waals surface area contributed by atoms with E-state index in [0.717, 1.165) is 0 Å². The minimum Gasteiger partial charge on any atom is -0.507 e. The third-order valence-corrected chi connectivity index (χ3v) is 3.76. The second-order valence-electron chi connectivity index (χ2n) is 5.09. The molecule has 4 heteroatoms. The number of rotatable bonds is 1. The van der Waals surface area contributed by atoms with Crippen LogP contribution >= 0.6 is 0 Å². The summed E-state index contributed by atoms with van der Waals surface area (Å²) in [5.74, 6) is -1.30. The number of phenolic OH excluding ortho intramolecular Hbond substituents is 1. The standard InChI is InChI=1S/C17H12O4/c1-8-6-7-12(19)15-13(8)17(21)14-10(9(2)18)4-3-5-11(14)16(15)20/h3-7,19H,1-2H3. The van der Waals surface area contributed by atoms with E-state index in [9.17, 15) is 19.5 Å². The Kier molecular flexibility index (Phi) is 2.76. The molecular weight excluding hydrogens is 268 g/mol. The molecule has 0 saturated heterocycles. The fourth-order valence-corrected chi connectivity index (χ4v) is 2.76. The van der Waals surface area contributed by atoms with Crippen LogP contribution in [0.3, 0.4) is 0 Å². The average Bonchev–Trinajstić information content (AvgIpc) is 2.46. The van der Waals surface area contributed by atoms with Gasteiger partial charge in [0.05, 0.1) is 5.56 Å². The van der Waals surface area contributed by atoms with Crippen molar-refractivity contribution in [3.8, 4) is 5.75 Å². The number of ketones is 3. The summed E-state index contributed by atoms with van der Waals surface area (Å²) in [6, 6.07) is 7.60. The molecule has 1 N–H and O–H groups in total. The molecule has 104 valence electrons. The highest BCUT2D eigenvalue weighted by atomic mass is 16.3. The Morgan fingerprint density at radius 1 is 0.952 bits per heavy atom. The lowest BCUT2D eigenvalue weighted by atomic mass is 9.79. The molecule has 1 aliphatic rings.